The van der Waals surface area contributed by atoms with Gasteiger partial charge >= 0.3 is 0 Å². The lowest BCUT2D eigenvalue weighted by atomic mass is 10.1. The number of aliphatic hydroxyl groups excluding tert-OH is 1. The fraction of sp³-hybridized carbons (Fsp3) is 0.200. The molecule has 0 fully saturated rings. The van der Waals surface area contributed by atoms with Crippen LogP contribution in [0.25, 0.3) is 11.3 Å². The molecule has 1 unspecified atom stereocenters. The van der Waals surface area contributed by atoms with Gasteiger partial charge in [0.25, 0.3) is 5.91 Å². The van der Waals surface area contributed by atoms with Crippen molar-refractivity contribution in [2.75, 3.05) is 14.2 Å². The summed E-state index contributed by atoms with van der Waals surface area (Å²) in [6, 6.07) is 20.5. The summed E-state index contributed by atoms with van der Waals surface area (Å²) in [6.07, 6.45) is -0.682. The van der Waals surface area contributed by atoms with Gasteiger partial charge in [0, 0.05) is 22.4 Å². The van der Waals surface area contributed by atoms with Crippen LogP contribution in [0.5, 0.6) is 11.5 Å². The number of hydrogen-bond donors (Lipinski definition) is 2. The Balaban J connectivity index is 1.46. The fourth-order valence-corrected chi connectivity index (χ4v) is 4.49. The van der Waals surface area contributed by atoms with Gasteiger partial charge < -0.3 is 19.9 Å². The van der Waals surface area contributed by atoms with Crippen LogP contribution in [0.2, 0.25) is 0 Å². The van der Waals surface area contributed by atoms with Crippen LogP contribution in [-0.4, -0.2) is 35.0 Å². The average Bonchev–Trinajstić information content (AvgIpc) is 3.49. The molecular weight excluding hydrogens is 438 g/mol. The Kier molecular flexibility index (Phi) is 6.76. The Labute approximate surface area is 196 Å². The topological polar surface area (TPSA) is 85.6 Å². The number of ether oxygens (including phenoxy) is 2. The minimum absolute atomic E-state index is 0.239. The Morgan fingerprint density at radius 2 is 1.88 bits per heavy atom. The third kappa shape index (κ3) is 4.92. The molecule has 0 spiro atoms. The van der Waals surface area contributed by atoms with Gasteiger partial charge in [-0.1, -0.05) is 30.3 Å². The first-order chi connectivity index (χ1) is 16.0. The first kappa shape index (κ1) is 22.6. The normalized spacial score (nSPS) is 11.8. The molecule has 0 saturated heterocycles. The second-order valence-electron chi connectivity index (χ2n) is 7.40. The van der Waals surface area contributed by atoms with Crippen LogP contribution in [0.3, 0.4) is 0 Å². The maximum Gasteiger partial charge on any atom is 0.269 e. The van der Waals surface area contributed by atoms with Gasteiger partial charge in [0.15, 0.2) is 0 Å². The van der Waals surface area contributed by atoms with E-state index in [1.165, 1.54) is 11.3 Å². The molecule has 0 aliphatic heterocycles. The lowest BCUT2D eigenvalue weighted by Gasteiger charge is -2.08. The Morgan fingerprint density at radius 1 is 1.09 bits per heavy atom. The van der Waals surface area contributed by atoms with E-state index in [0.717, 1.165) is 20.9 Å². The third-order valence-corrected chi connectivity index (χ3v) is 6.42. The highest BCUT2D eigenvalue weighted by Crippen LogP contribution is 2.33. The van der Waals surface area contributed by atoms with Crippen molar-refractivity contribution >= 4 is 17.2 Å². The van der Waals surface area contributed by atoms with Crippen LogP contribution < -0.4 is 14.8 Å². The van der Waals surface area contributed by atoms with Crippen molar-refractivity contribution in [3.63, 3.8) is 0 Å². The van der Waals surface area contributed by atoms with Crippen molar-refractivity contribution in [1.82, 2.24) is 15.1 Å². The molecule has 2 N–H and O–H groups in total. The third-order valence-electron chi connectivity index (χ3n) is 5.29. The summed E-state index contributed by atoms with van der Waals surface area (Å²) in [6.45, 7) is 0.355. The van der Waals surface area contributed by atoms with Gasteiger partial charge in [0.2, 0.25) is 0 Å². The standard InChI is InChI=1S/C25H25N3O4S/c1-28-21(14-20(27-28)19-13-17(31-2)9-11-22(19)32-3)25(30)26-15-18-10-12-23(33-18)24(29)16-7-5-4-6-8-16/h4-14,24,29H,15H2,1-3H3,(H,26,30). The molecule has 2 heterocycles. The van der Waals surface area contributed by atoms with Crippen LogP contribution in [0.4, 0.5) is 0 Å². The summed E-state index contributed by atoms with van der Waals surface area (Å²) in [4.78, 5) is 14.6. The number of aromatic nitrogens is 2. The number of hydrogen-bond acceptors (Lipinski definition) is 6. The van der Waals surface area contributed by atoms with Crippen molar-refractivity contribution in [2.24, 2.45) is 7.05 Å². The van der Waals surface area contributed by atoms with E-state index in [1.807, 2.05) is 54.6 Å². The van der Waals surface area contributed by atoms with Gasteiger partial charge in [-0.3, -0.25) is 9.48 Å². The van der Waals surface area contributed by atoms with Crippen molar-refractivity contribution in [2.45, 2.75) is 12.6 Å². The van der Waals surface area contributed by atoms with E-state index in [9.17, 15) is 9.90 Å². The molecule has 2 aromatic carbocycles. The van der Waals surface area contributed by atoms with Crippen LogP contribution in [0, 0.1) is 0 Å². The molecule has 0 aliphatic carbocycles. The van der Waals surface area contributed by atoms with E-state index in [1.54, 1.807) is 38.1 Å². The first-order valence-corrected chi connectivity index (χ1v) is 11.2. The molecular formula is C25H25N3O4S. The van der Waals surface area contributed by atoms with Crippen LogP contribution in [0.15, 0.2) is 66.7 Å². The zero-order valence-corrected chi connectivity index (χ0v) is 19.4. The molecule has 0 radical (unpaired) electrons. The summed E-state index contributed by atoms with van der Waals surface area (Å²) >= 11 is 1.47. The number of thiophene rings is 1. The molecule has 1 amide bonds. The lowest BCUT2D eigenvalue weighted by molar-refractivity contribution is 0.0942. The number of rotatable bonds is 8. The van der Waals surface area contributed by atoms with Gasteiger partial charge in [0.1, 0.15) is 23.3 Å². The molecule has 33 heavy (non-hydrogen) atoms. The molecule has 4 aromatic rings. The highest BCUT2D eigenvalue weighted by atomic mass is 32.1. The predicted octanol–water partition coefficient (Wildman–Crippen LogP) is 4.18. The number of amides is 1. The van der Waals surface area contributed by atoms with Gasteiger partial charge in [-0.15, -0.1) is 11.3 Å². The second kappa shape index (κ2) is 9.89. The van der Waals surface area contributed by atoms with E-state index in [-0.39, 0.29) is 5.91 Å². The molecule has 0 aliphatic rings. The minimum Gasteiger partial charge on any atom is -0.497 e. The van der Waals surface area contributed by atoms with Crippen LogP contribution in [0.1, 0.15) is 31.9 Å². The number of aliphatic hydroxyl groups is 1. The summed E-state index contributed by atoms with van der Waals surface area (Å²) in [5.74, 6) is 1.08. The largest absolute Gasteiger partial charge is 0.497 e. The molecule has 170 valence electrons. The zero-order valence-electron chi connectivity index (χ0n) is 18.6. The highest BCUT2D eigenvalue weighted by molar-refractivity contribution is 7.12. The smallest absolute Gasteiger partial charge is 0.269 e. The maximum atomic E-state index is 12.9. The summed E-state index contributed by atoms with van der Waals surface area (Å²) in [5, 5.41) is 18.0. The van der Waals surface area contributed by atoms with E-state index in [0.29, 0.717) is 29.4 Å². The van der Waals surface area contributed by atoms with Gasteiger partial charge in [-0.2, -0.15) is 5.10 Å². The number of aryl methyl sites for hydroxylation is 1. The van der Waals surface area contributed by atoms with Crippen LogP contribution in [-0.2, 0) is 13.6 Å². The van der Waals surface area contributed by atoms with Gasteiger partial charge in [0.05, 0.1) is 26.5 Å². The quantitative estimate of drug-likeness (QED) is 0.410. The number of benzene rings is 2. The molecule has 8 heteroatoms. The Bertz CT molecular complexity index is 1250. The van der Waals surface area contributed by atoms with E-state index < -0.39 is 6.10 Å². The molecule has 1 atom stereocenters. The first-order valence-electron chi connectivity index (χ1n) is 10.4. The van der Waals surface area contributed by atoms with Gasteiger partial charge in [-0.25, -0.2) is 0 Å². The minimum atomic E-state index is -0.682. The molecule has 2 aromatic heterocycles. The van der Waals surface area contributed by atoms with Crippen molar-refractivity contribution in [3.05, 3.63) is 87.7 Å². The highest BCUT2D eigenvalue weighted by Gasteiger charge is 2.18. The fourth-order valence-electron chi connectivity index (χ4n) is 3.52. The molecule has 7 nitrogen and oxygen atoms in total. The van der Waals surface area contributed by atoms with Gasteiger partial charge in [-0.05, 0) is 42.0 Å². The van der Waals surface area contributed by atoms with Crippen molar-refractivity contribution in [1.29, 1.82) is 0 Å². The molecule has 4 rings (SSSR count). The summed E-state index contributed by atoms with van der Waals surface area (Å²) in [7, 11) is 4.91. The van der Waals surface area contributed by atoms with Crippen molar-refractivity contribution < 1.29 is 19.4 Å². The monoisotopic (exact) mass is 463 g/mol. The predicted molar refractivity (Wildman–Crippen MR) is 128 cm³/mol. The van der Waals surface area contributed by atoms with E-state index in [4.69, 9.17) is 9.47 Å². The van der Waals surface area contributed by atoms with E-state index in [2.05, 4.69) is 10.4 Å². The van der Waals surface area contributed by atoms with Crippen LogP contribution >= 0.6 is 11.3 Å². The zero-order chi connectivity index (χ0) is 23.4. The Morgan fingerprint density at radius 3 is 2.61 bits per heavy atom. The number of nitrogens with one attached hydrogen (secondary N) is 1. The molecule has 0 saturated carbocycles. The maximum absolute atomic E-state index is 12.9. The Hall–Kier alpha value is -3.62. The van der Waals surface area contributed by atoms with Crippen molar-refractivity contribution in [3.8, 4) is 22.8 Å². The SMILES string of the molecule is COc1ccc(OC)c(-c2cc(C(=O)NCc3ccc(C(O)c4ccccc4)s3)n(C)n2)c1. The number of carbonyl (C=O) groups excluding carboxylic acids is 1. The average molecular weight is 464 g/mol. The number of methoxy groups -OCH3 is 2. The second-order valence-corrected chi connectivity index (χ2v) is 8.60. The number of nitrogens with zero attached hydrogens (tertiary/aromatic N) is 2. The number of carbonyl (C=O) groups is 1. The summed E-state index contributed by atoms with van der Waals surface area (Å²) in [5.41, 5.74) is 2.62. The van der Waals surface area contributed by atoms with E-state index >= 15 is 0 Å². The molecule has 0 bridgehead atoms. The summed E-state index contributed by atoms with van der Waals surface area (Å²) < 4.78 is 12.3. The lowest BCUT2D eigenvalue weighted by Crippen LogP contribution is -2.24.